The lowest BCUT2D eigenvalue weighted by Gasteiger charge is -2.11. The Morgan fingerprint density at radius 2 is 2.04 bits per heavy atom. The molecule has 0 saturated heterocycles. The molecule has 3 heterocycles. The Hall–Kier alpha value is -2.65. The Bertz CT molecular complexity index is 1220. The predicted molar refractivity (Wildman–Crippen MR) is 102 cm³/mol. The largest absolute Gasteiger partial charge is 0.332 e. The van der Waals surface area contributed by atoms with Gasteiger partial charge in [0.05, 0.1) is 9.50 Å². The quantitative estimate of drug-likeness (QED) is 0.376. The molecule has 0 aliphatic heterocycles. The number of aldehydes is 1. The first-order chi connectivity index (χ1) is 13.3. The minimum Gasteiger partial charge on any atom is -0.332 e. The summed E-state index contributed by atoms with van der Waals surface area (Å²) >= 11 is 9.43. The molecule has 142 valence electrons. The van der Waals surface area contributed by atoms with Crippen LogP contribution in [0.25, 0.3) is 28.6 Å². The first-order valence-electron chi connectivity index (χ1n) is 7.92. The summed E-state index contributed by atoms with van der Waals surface area (Å²) in [5.41, 5.74) is 1.49. The number of nitrogens with zero attached hydrogens (tertiary/aromatic N) is 4. The maximum Gasteiger partial charge on any atom is 0.278 e. The van der Waals surface area contributed by atoms with E-state index in [4.69, 9.17) is 16.1 Å². The van der Waals surface area contributed by atoms with Crippen molar-refractivity contribution in [2.24, 2.45) is 0 Å². The van der Waals surface area contributed by atoms with Crippen LogP contribution in [0.3, 0.4) is 0 Å². The number of carbonyl (C=O) groups excluding carboxylic acids is 1. The fourth-order valence-corrected chi connectivity index (χ4v) is 3.44. The number of benzene rings is 1. The van der Waals surface area contributed by atoms with E-state index in [0.717, 1.165) is 6.92 Å². The highest BCUT2D eigenvalue weighted by atomic mass is 79.9. The maximum absolute atomic E-state index is 13.6. The van der Waals surface area contributed by atoms with Crippen LogP contribution in [-0.2, 0) is 5.92 Å². The average Bonchev–Trinajstić information content (AvgIpc) is 3.27. The van der Waals surface area contributed by atoms with Crippen LogP contribution in [-0.4, -0.2) is 25.8 Å². The number of hydrogen-bond acceptors (Lipinski definition) is 5. The van der Waals surface area contributed by atoms with Crippen LogP contribution >= 0.6 is 27.5 Å². The second-order valence-corrected chi connectivity index (χ2v) is 7.36. The van der Waals surface area contributed by atoms with Crippen molar-refractivity contribution in [3.8, 4) is 23.0 Å². The number of pyridine rings is 1. The fraction of sp³-hybridized carbons (Fsp3) is 0.111. The van der Waals surface area contributed by atoms with Crippen molar-refractivity contribution in [3.63, 3.8) is 0 Å². The Labute approximate surface area is 170 Å². The summed E-state index contributed by atoms with van der Waals surface area (Å²) in [6.45, 7) is 0.822. The lowest BCUT2D eigenvalue weighted by Crippen LogP contribution is -2.08. The predicted octanol–water partition coefficient (Wildman–Crippen LogP) is 5.39. The van der Waals surface area contributed by atoms with Crippen LogP contribution in [0.1, 0.15) is 22.8 Å². The topological polar surface area (TPSA) is 73.3 Å². The number of aromatic nitrogens is 4. The summed E-state index contributed by atoms with van der Waals surface area (Å²) in [5, 5.41) is 4.18. The van der Waals surface area contributed by atoms with Crippen LogP contribution < -0.4 is 0 Å². The van der Waals surface area contributed by atoms with Crippen molar-refractivity contribution in [3.05, 3.63) is 57.3 Å². The molecule has 1 aromatic carbocycles. The third kappa shape index (κ3) is 3.31. The third-order valence-corrected chi connectivity index (χ3v) is 4.92. The molecule has 4 aromatic rings. The van der Waals surface area contributed by atoms with Gasteiger partial charge in [0.25, 0.3) is 11.8 Å². The van der Waals surface area contributed by atoms with Gasteiger partial charge in [-0.2, -0.15) is 4.98 Å². The van der Waals surface area contributed by atoms with Crippen LogP contribution in [0.4, 0.5) is 8.78 Å². The third-order valence-electron chi connectivity index (χ3n) is 4.03. The van der Waals surface area contributed by atoms with Gasteiger partial charge in [-0.05, 0) is 34.1 Å². The van der Waals surface area contributed by atoms with E-state index in [1.165, 1.54) is 28.9 Å². The zero-order valence-electron chi connectivity index (χ0n) is 14.2. The molecule has 10 heteroatoms. The smallest absolute Gasteiger partial charge is 0.278 e. The Balaban J connectivity index is 1.75. The van der Waals surface area contributed by atoms with Crippen molar-refractivity contribution in [1.29, 1.82) is 0 Å². The first kappa shape index (κ1) is 18.7. The normalized spacial score (nSPS) is 11.9. The van der Waals surface area contributed by atoms with E-state index in [9.17, 15) is 13.6 Å². The summed E-state index contributed by atoms with van der Waals surface area (Å²) in [7, 11) is 0. The van der Waals surface area contributed by atoms with E-state index in [1.807, 2.05) is 0 Å². The number of halogens is 4. The summed E-state index contributed by atoms with van der Waals surface area (Å²) in [5.74, 6) is -2.68. The van der Waals surface area contributed by atoms with Gasteiger partial charge in [-0.3, -0.25) is 4.79 Å². The first-order valence-corrected chi connectivity index (χ1v) is 9.09. The number of alkyl halides is 2. The highest BCUT2D eigenvalue weighted by molar-refractivity contribution is 9.10. The Morgan fingerprint density at radius 1 is 1.25 bits per heavy atom. The lowest BCUT2D eigenvalue weighted by atomic mass is 10.1. The molecule has 0 aliphatic rings. The van der Waals surface area contributed by atoms with Gasteiger partial charge in [-0.1, -0.05) is 22.8 Å². The molecule has 0 aliphatic carbocycles. The summed E-state index contributed by atoms with van der Waals surface area (Å²) < 4.78 is 34.4. The molecule has 0 N–H and O–H groups in total. The number of rotatable bonds is 4. The number of carbonyl (C=O) groups is 1. The standard InChI is InChI=1S/C18H10BrClF2N4O2/c1-18(21,22)10-5-12(19)16-23-14(7-26(16)6-10)17-24-15(25-28-17)11-3-2-9(8-27)4-13(11)20/h2-8H,1H3. The maximum atomic E-state index is 13.6. The fourth-order valence-electron chi connectivity index (χ4n) is 2.62. The van der Waals surface area contributed by atoms with Gasteiger partial charge in [0.1, 0.15) is 12.0 Å². The van der Waals surface area contributed by atoms with Crippen LogP contribution in [0, 0.1) is 0 Å². The van der Waals surface area contributed by atoms with Crippen molar-refractivity contribution in [2.45, 2.75) is 12.8 Å². The number of fused-ring (bicyclic) bond motifs is 1. The summed E-state index contributed by atoms with van der Waals surface area (Å²) in [6.07, 6.45) is 3.49. The van der Waals surface area contributed by atoms with Crippen molar-refractivity contribution in [1.82, 2.24) is 19.5 Å². The Kier molecular flexibility index (Phi) is 4.51. The number of hydrogen-bond donors (Lipinski definition) is 0. The van der Waals surface area contributed by atoms with Gasteiger partial charge in [-0.25, -0.2) is 13.8 Å². The zero-order chi connectivity index (χ0) is 20.1. The van der Waals surface area contributed by atoms with E-state index in [-0.39, 0.29) is 17.3 Å². The van der Waals surface area contributed by atoms with Gasteiger partial charge in [0.15, 0.2) is 5.65 Å². The molecule has 28 heavy (non-hydrogen) atoms. The van der Waals surface area contributed by atoms with Gasteiger partial charge in [0.2, 0.25) is 5.82 Å². The zero-order valence-corrected chi connectivity index (χ0v) is 16.5. The molecular weight excluding hydrogens is 458 g/mol. The molecule has 0 amide bonds. The van der Waals surface area contributed by atoms with Crippen LogP contribution in [0.2, 0.25) is 5.02 Å². The van der Waals surface area contributed by atoms with Gasteiger partial charge in [0, 0.05) is 36.0 Å². The SMILES string of the molecule is CC(F)(F)c1cc(Br)c2nc(-c3nc(-c4ccc(C=O)cc4Cl)no3)cn2c1. The highest BCUT2D eigenvalue weighted by Crippen LogP contribution is 2.32. The minimum absolute atomic E-state index is 0.103. The van der Waals surface area contributed by atoms with Crippen LogP contribution in [0.15, 0.2) is 45.7 Å². The van der Waals surface area contributed by atoms with E-state index in [2.05, 4.69) is 31.1 Å². The summed E-state index contributed by atoms with van der Waals surface area (Å²) in [4.78, 5) is 19.5. The molecule has 0 radical (unpaired) electrons. The van der Waals surface area contributed by atoms with Crippen molar-refractivity contribution >= 4 is 39.5 Å². The Morgan fingerprint density at radius 3 is 2.71 bits per heavy atom. The monoisotopic (exact) mass is 466 g/mol. The molecule has 4 rings (SSSR count). The van der Waals surface area contributed by atoms with E-state index in [1.54, 1.807) is 12.1 Å². The molecule has 0 spiro atoms. The lowest BCUT2D eigenvalue weighted by molar-refractivity contribution is 0.0170. The molecule has 0 saturated carbocycles. The van der Waals surface area contributed by atoms with Gasteiger partial charge in [-0.15, -0.1) is 0 Å². The van der Waals surface area contributed by atoms with Crippen LogP contribution in [0.5, 0.6) is 0 Å². The second-order valence-electron chi connectivity index (χ2n) is 6.10. The average molecular weight is 468 g/mol. The van der Waals surface area contributed by atoms with Crippen molar-refractivity contribution in [2.75, 3.05) is 0 Å². The van der Waals surface area contributed by atoms with E-state index in [0.29, 0.717) is 38.2 Å². The second kappa shape index (κ2) is 6.75. The van der Waals surface area contributed by atoms with E-state index < -0.39 is 5.92 Å². The molecule has 0 atom stereocenters. The van der Waals surface area contributed by atoms with E-state index >= 15 is 0 Å². The minimum atomic E-state index is -3.00. The number of imidazole rings is 1. The summed E-state index contributed by atoms with van der Waals surface area (Å²) in [6, 6.07) is 6.00. The van der Waals surface area contributed by atoms with Crippen molar-refractivity contribution < 1.29 is 18.1 Å². The molecule has 6 nitrogen and oxygen atoms in total. The molecule has 0 fully saturated rings. The molecule has 3 aromatic heterocycles. The molecule has 0 bridgehead atoms. The molecule has 0 unspecified atom stereocenters. The van der Waals surface area contributed by atoms with Gasteiger partial charge >= 0.3 is 0 Å². The van der Waals surface area contributed by atoms with Gasteiger partial charge < -0.3 is 8.92 Å². The molecular formula is C18H10BrClF2N4O2. The highest BCUT2D eigenvalue weighted by Gasteiger charge is 2.26.